The molecule has 0 aromatic carbocycles. The lowest BCUT2D eigenvalue weighted by Crippen LogP contribution is -2.53. The molecule has 3 unspecified atom stereocenters. The summed E-state index contributed by atoms with van der Waals surface area (Å²) in [7, 11) is 0. The van der Waals surface area contributed by atoms with Gasteiger partial charge in [-0.2, -0.15) is 0 Å². The van der Waals surface area contributed by atoms with Crippen molar-refractivity contribution < 1.29 is 20.4 Å². The summed E-state index contributed by atoms with van der Waals surface area (Å²) in [5.74, 6) is 1.10. The van der Waals surface area contributed by atoms with Gasteiger partial charge in [0.15, 0.2) is 0 Å². The number of rotatable bonds is 10. The zero-order chi connectivity index (χ0) is 27.6. The van der Waals surface area contributed by atoms with Gasteiger partial charge in [0.05, 0.1) is 23.4 Å². The number of fused-ring (bicyclic) bond motifs is 1. The van der Waals surface area contributed by atoms with Crippen LogP contribution in [0.25, 0.3) is 0 Å². The van der Waals surface area contributed by atoms with Crippen LogP contribution in [0.15, 0.2) is 23.3 Å². The number of nitrogens with two attached hydrogens (primary N) is 1. The second-order valence-electron chi connectivity index (χ2n) is 14.6. The van der Waals surface area contributed by atoms with Gasteiger partial charge in [-0.15, -0.1) is 0 Å². The molecular weight excluding hydrogens is 462 g/mol. The molecule has 0 radical (unpaired) electrons. The van der Waals surface area contributed by atoms with Crippen molar-refractivity contribution >= 4 is 0 Å². The Bertz CT molecular complexity index is 810. The van der Waals surface area contributed by atoms with Crippen molar-refractivity contribution in [3.63, 3.8) is 0 Å². The Kier molecular flexibility index (Phi) is 9.83. The SMILES string of the molecule is C[C@H](CCC(N)(CCCC(C)(C)O)[C@H]1CC[C@H]2/C(=C/C=C3CC(O)C[C@H](O)C3)CCCC12C)C(C)(C)O. The third-order valence-corrected chi connectivity index (χ3v) is 10.4. The topological polar surface area (TPSA) is 107 Å². The second-order valence-corrected chi connectivity index (χ2v) is 14.6. The minimum Gasteiger partial charge on any atom is -0.393 e. The molecule has 0 bridgehead atoms. The van der Waals surface area contributed by atoms with Crippen LogP contribution in [0, 0.1) is 23.2 Å². The smallest absolute Gasteiger partial charge is 0.0617 e. The first-order valence-corrected chi connectivity index (χ1v) is 15.0. The summed E-state index contributed by atoms with van der Waals surface area (Å²) in [6.45, 7) is 12.2. The molecule has 6 N–H and O–H groups in total. The fraction of sp³-hybridized carbons (Fsp3) is 0.875. The van der Waals surface area contributed by atoms with Gasteiger partial charge in [-0.3, -0.25) is 0 Å². The molecule has 3 saturated carbocycles. The van der Waals surface area contributed by atoms with E-state index in [2.05, 4.69) is 26.0 Å². The first-order valence-electron chi connectivity index (χ1n) is 15.0. The molecular formula is C32H57NO4. The lowest BCUT2D eigenvalue weighted by molar-refractivity contribution is 0.00791. The molecule has 0 spiro atoms. The minimum absolute atomic E-state index is 0.148. The zero-order valence-corrected chi connectivity index (χ0v) is 24.6. The monoisotopic (exact) mass is 519 g/mol. The molecule has 0 aromatic rings. The fourth-order valence-electron chi connectivity index (χ4n) is 7.88. The van der Waals surface area contributed by atoms with Crippen molar-refractivity contribution in [3.05, 3.63) is 23.3 Å². The van der Waals surface area contributed by atoms with E-state index in [1.54, 1.807) is 0 Å². The van der Waals surface area contributed by atoms with Crippen LogP contribution in [0.3, 0.4) is 0 Å². The molecule has 0 saturated heterocycles. The van der Waals surface area contributed by atoms with E-state index in [4.69, 9.17) is 5.73 Å². The highest BCUT2D eigenvalue weighted by Gasteiger charge is 2.55. The molecule has 3 fully saturated rings. The van der Waals surface area contributed by atoms with Gasteiger partial charge < -0.3 is 26.2 Å². The normalized spacial score (nSPS) is 36.0. The molecule has 3 aliphatic rings. The van der Waals surface area contributed by atoms with Crippen LogP contribution in [0.5, 0.6) is 0 Å². The molecule has 7 atom stereocenters. The summed E-state index contributed by atoms with van der Waals surface area (Å²) in [5.41, 5.74) is 8.54. The fourth-order valence-corrected chi connectivity index (χ4v) is 7.88. The molecule has 3 aliphatic carbocycles. The van der Waals surface area contributed by atoms with Gasteiger partial charge in [0.2, 0.25) is 0 Å². The standard InChI is InChI=1S/C32H57NO4/c1-22(30(4,5)37)14-18-32(33,17-8-15-29(2,3)36)28-13-12-27-24(9-7-16-31(27,28)6)11-10-23-19-25(34)21-26(35)20-23/h10-11,22,25-28,34-37H,7-9,12-21,33H2,1-6H3/b23-10?,24-11+/t22-,25-,26?,27+,28+,31?,32?/m1/s1. The van der Waals surface area contributed by atoms with Crippen LogP contribution >= 0.6 is 0 Å². The maximum Gasteiger partial charge on any atom is 0.0617 e. The Labute approximate surface area is 226 Å². The lowest BCUT2D eigenvalue weighted by Gasteiger charge is -2.50. The van der Waals surface area contributed by atoms with E-state index in [1.807, 2.05) is 27.7 Å². The summed E-state index contributed by atoms with van der Waals surface area (Å²) >= 11 is 0. The molecule has 214 valence electrons. The number of aliphatic hydroxyl groups excluding tert-OH is 2. The van der Waals surface area contributed by atoms with Gasteiger partial charge >= 0.3 is 0 Å². The third-order valence-electron chi connectivity index (χ3n) is 10.4. The average Bonchev–Trinajstić information content (AvgIpc) is 3.12. The molecule has 0 aliphatic heterocycles. The average molecular weight is 520 g/mol. The van der Waals surface area contributed by atoms with Crippen LogP contribution in [-0.2, 0) is 0 Å². The molecule has 37 heavy (non-hydrogen) atoms. The maximum absolute atomic E-state index is 10.6. The quantitative estimate of drug-likeness (QED) is 0.251. The molecule has 0 aromatic heterocycles. The first kappa shape index (κ1) is 30.8. The van der Waals surface area contributed by atoms with Gasteiger partial charge in [0, 0.05) is 5.54 Å². The first-order chi connectivity index (χ1) is 17.0. The maximum atomic E-state index is 10.6. The van der Waals surface area contributed by atoms with Crippen molar-refractivity contribution in [2.45, 2.75) is 154 Å². The largest absolute Gasteiger partial charge is 0.393 e. The molecule has 3 rings (SSSR count). The highest BCUT2D eigenvalue weighted by molar-refractivity contribution is 5.27. The zero-order valence-electron chi connectivity index (χ0n) is 24.6. The van der Waals surface area contributed by atoms with Crippen molar-refractivity contribution in [1.82, 2.24) is 0 Å². The van der Waals surface area contributed by atoms with Crippen LogP contribution in [-0.4, -0.2) is 49.4 Å². The van der Waals surface area contributed by atoms with Gasteiger partial charge in [-0.25, -0.2) is 0 Å². The predicted molar refractivity (Wildman–Crippen MR) is 152 cm³/mol. The van der Waals surface area contributed by atoms with Crippen molar-refractivity contribution in [1.29, 1.82) is 0 Å². The van der Waals surface area contributed by atoms with Crippen LogP contribution in [0.2, 0.25) is 0 Å². The number of hydrogen-bond acceptors (Lipinski definition) is 5. The van der Waals surface area contributed by atoms with E-state index < -0.39 is 23.4 Å². The molecule has 5 nitrogen and oxygen atoms in total. The van der Waals surface area contributed by atoms with Gasteiger partial charge in [-0.1, -0.05) is 37.1 Å². The summed E-state index contributed by atoms with van der Waals surface area (Å²) in [6.07, 6.45) is 15.6. The van der Waals surface area contributed by atoms with E-state index in [0.717, 1.165) is 56.9 Å². The molecule has 0 amide bonds. The van der Waals surface area contributed by atoms with Crippen LogP contribution in [0.4, 0.5) is 0 Å². The lowest BCUT2D eigenvalue weighted by atomic mass is 9.57. The van der Waals surface area contributed by atoms with E-state index in [-0.39, 0.29) is 16.9 Å². The number of allylic oxidation sites excluding steroid dienone is 3. The Hall–Kier alpha value is -0.720. The van der Waals surface area contributed by atoms with Crippen LogP contribution < -0.4 is 5.73 Å². The van der Waals surface area contributed by atoms with E-state index in [1.165, 1.54) is 18.4 Å². The van der Waals surface area contributed by atoms with E-state index in [9.17, 15) is 20.4 Å². The number of hydrogen-bond donors (Lipinski definition) is 5. The van der Waals surface area contributed by atoms with Gasteiger partial charge in [-0.05, 0) is 134 Å². The van der Waals surface area contributed by atoms with E-state index >= 15 is 0 Å². The van der Waals surface area contributed by atoms with Gasteiger partial charge in [0.25, 0.3) is 0 Å². The van der Waals surface area contributed by atoms with Crippen molar-refractivity contribution in [3.8, 4) is 0 Å². The highest BCUT2D eigenvalue weighted by Crippen LogP contribution is 2.61. The molecule has 0 heterocycles. The van der Waals surface area contributed by atoms with Crippen LogP contribution in [0.1, 0.15) is 125 Å². The summed E-state index contributed by atoms with van der Waals surface area (Å²) in [6, 6.07) is 0. The Balaban J connectivity index is 1.82. The van der Waals surface area contributed by atoms with Crippen molar-refractivity contribution in [2.24, 2.45) is 28.9 Å². The Morgan fingerprint density at radius 1 is 1.00 bits per heavy atom. The van der Waals surface area contributed by atoms with Gasteiger partial charge in [0.1, 0.15) is 0 Å². The summed E-state index contributed by atoms with van der Waals surface area (Å²) in [4.78, 5) is 0. The highest BCUT2D eigenvalue weighted by atomic mass is 16.3. The Morgan fingerprint density at radius 3 is 2.24 bits per heavy atom. The second kappa shape index (κ2) is 11.8. The predicted octanol–water partition coefficient (Wildman–Crippen LogP) is 5.79. The minimum atomic E-state index is -0.718. The third kappa shape index (κ3) is 7.91. The van der Waals surface area contributed by atoms with Crippen molar-refractivity contribution in [2.75, 3.05) is 0 Å². The Morgan fingerprint density at radius 2 is 1.65 bits per heavy atom. The summed E-state index contributed by atoms with van der Waals surface area (Å²) in [5, 5.41) is 41.1. The van der Waals surface area contributed by atoms with E-state index in [0.29, 0.717) is 31.1 Å². The summed E-state index contributed by atoms with van der Waals surface area (Å²) < 4.78 is 0. The molecule has 5 heteroatoms. The number of aliphatic hydroxyl groups is 4.